The summed E-state index contributed by atoms with van der Waals surface area (Å²) in [6.45, 7) is 2.07. The van der Waals surface area contributed by atoms with Crippen LogP contribution in [0.5, 0.6) is 0 Å². The van der Waals surface area contributed by atoms with Crippen LogP contribution in [0.1, 0.15) is 55.8 Å². The molecule has 0 spiro atoms. The summed E-state index contributed by atoms with van der Waals surface area (Å²) in [5.41, 5.74) is -1.00. The Morgan fingerprint density at radius 1 is 1.08 bits per heavy atom. The van der Waals surface area contributed by atoms with Gasteiger partial charge >= 0.3 is 5.97 Å². The molecule has 0 bridgehead atoms. The van der Waals surface area contributed by atoms with Crippen LogP contribution in [0, 0.1) is 5.92 Å². The van der Waals surface area contributed by atoms with Crippen LogP contribution in [0.2, 0.25) is 0 Å². The summed E-state index contributed by atoms with van der Waals surface area (Å²) in [6, 6.07) is 5.58. The van der Waals surface area contributed by atoms with Crippen LogP contribution in [0.25, 0.3) is 0 Å². The lowest BCUT2D eigenvalue weighted by molar-refractivity contribution is -0.146. The van der Waals surface area contributed by atoms with Crippen molar-refractivity contribution in [1.82, 2.24) is 10.0 Å². The minimum Gasteiger partial charge on any atom is -0.480 e. The van der Waals surface area contributed by atoms with E-state index >= 15 is 0 Å². The third kappa shape index (κ3) is 4.07. The number of carbonyl (C=O) groups excluding carboxylic acids is 1. The Morgan fingerprint density at radius 3 is 2.15 bits per heavy atom. The van der Waals surface area contributed by atoms with Gasteiger partial charge in [-0.3, -0.25) is 4.79 Å². The largest absolute Gasteiger partial charge is 0.480 e. The first kappa shape index (κ1) is 18.8. The van der Waals surface area contributed by atoms with Gasteiger partial charge in [0.2, 0.25) is 10.0 Å². The fourth-order valence-electron chi connectivity index (χ4n) is 3.21. The van der Waals surface area contributed by atoms with Gasteiger partial charge in [0.1, 0.15) is 5.54 Å². The average molecular weight is 380 g/mol. The van der Waals surface area contributed by atoms with Crippen LogP contribution in [-0.2, 0) is 14.8 Å². The zero-order valence-electron chi connectivity index (χ0n) is 14.7. The minimum atomic E-state index is -3.57. The molecule has 3 rings (SSSR count). The summed E-state index contributed by atoms with van der Waals surface area (Å²) in [5, 5.41) is 12.3. The second kappa shape index (κ2) is 7.00. The Balaban J connectivity index is 1.72. The minimum absolute atomic E-state index is 0.00657. The van der Waals surface area contributed by atoms with E-state index in [2.05, 4.69) is 17.0 Å². The van der Waals surface area contributed by atoms with Gasteiger partial charge in [0.25, 0.3) is 5.91 Å². The predicted molar refractivity (Wildman–Crippen MR) is 95.3 cm³/mol. The van der Waals surface area contributed by atoms with Crippen molar-refractivity contribution in [3.05, 3.63) is 29.8 Å². The highest BCUT2D eigenvalue weighted by molar-refractivity contribution is 7.89. The first-order valence-electron chi connectivity index (χ1n) is 8.90. The monoisotopic (exact) mass is 380 g/mol. The van der Waals surface area contributed by atoms with Gasteiger partial charge in [0, 0.05) is 11.6 Å². The van der Waals surface area contributed by atoms with E-state index in [9.17, 15) is 23.1 Å². The summed E-state index contributed by atoms with van der Waals surface area (Å²) in [4.78, 5) is 24.4. The molecule has 142 valence electrons. The van der Waals surface area contributed by atoms with Gasteiger partial charge in [-0.2, -0.15) is 0 Å². The van der Waals surface area contributed by atoms with Gasteiger partial charge in [-0.1, -0.05) is 6.92 Å². The van der Waals surface area contributed by atoms with Gasteiger partial charge in [-0.15, -0.1) is 0 Å². The smallest absolute Gasteiger partial charge is 0.329 e. The Bertz CT molecular complexity index is 791. The number of amides is 1. The maximum Gasteiger partial charge on any atom is 0.329 e. The molecule has 2 fully saturated rings. The molecular weight excluding hydrogens is 356 g/mol. The fraction of sp³-hybridized carbons (Fsp3) is 0.556. The molecule has 0 unspecified atom stereocenters. The van der Waals surface area contributed by atoms with E-state index in [4.69, 9.17) is 0 Å². The van der Waals surface area contributed by atoms with E-state index in [-0.39, 0.29) is 16.5 Å². The summed E-state index contributed by atoms with van der Waals surface area (Å²) < 4.78 is 26.9. The van der Waals surface area contributed by atoms with E-state index in [0.29, 0.717) is 18.8 Å². The first-order chi connectivity index (χ1) is 12.2. The van der Waals surface area contributed by atoms with Crippen LogP contribution in [0.15, 0.2) is 29.2 Å². The molecule has 2 saturated carbocycles. The molecule has 3 N–H and O–H groups in total. The quantitative estimate of drug-likeness (QED) is 0.698. The van der Waals surface area contributed by atoms with Crippen molar-refractivity contribution in [2.45, 2.75) is 61.9 Å². The van der Waals surface area contributed by atoms with E-state index in [1.165, 1.54) is 24.3 Å². The molecule has 0 radical (unpaired) electrons. The van der Waals surface area contributed by atoms with E-state index in [1.54, 1.807) is 0 Å². The molecule has 8 heteroatoms. The van der Waals surface area contributed by atoms with Crippen LogP contribution in [-0.4, -0.2) is 37.0 Å². The van der Waals surface area contributed by atoms with Gasteiger partial charge in [-0.25, -0.2) is 17.9 Å². The normalized spacial score (nSPS) is 26.3. The van der Waals surface area contributed by atoms with E-state index in [0.717, 1.165) is 25.7 Å². The Labute approximate surface area is 153 Å². The molecule has 0 heterocycles. The zero-order chi connectivity index (χ0) is 18.9. The Kier molecular flexibility index (Phi) is 5.07. The third-order valence-corrected chi connectivity index (χ3v) is 6.75. The van der Waals surface area contributed by atoms with Crippen molar-refractivity contribution in [3.8, 4) is 0 Å². The number of nitrogens with one attached hydrogen (secondary N) is 2. The number of aliphatic carboxylic acids is 1. The number of sulfonamides is 1. The number of carbonyl (C=O) groups is 2. The van der Waals surface area contributed by atoms with E-state index < -0.39 is 27.4 Å². The van der Waals surface area contributed by atoms with Gasteiger partial charge in [-0.05, 0) is 68.7 Å². The standard InChI is InChI=1S/C18H24N2O5S/c1-12-8-10-18(11-9-12,17(22)23)19-16(21)13-2-6-15(7-3-13)26(24,25)20-14-4-5-14/h2-3,6-7,12,14,20H,4-5,8-11H2,1H3,(H,19,21)(H,22,23). The highest BCUT2D eigenvalue weighted by atomic mass is 32.2. The maximum absolute atomic E-state index is 12.5. The molecule has 0 saturated heterocycles. The molecule has 0 aliphatic heterocycles. The summed E-state index contributed by atoms with van der Waals surface area (Å²) in [6.07, 6.45) is 3.97. The van der Waals surface area contributed by atoms with Crippen molar-refractivity contribution < 1.29 is 23.1 Å². The summed E-state index contributed by atoms with van der Waals surface area (Å²) >= 11 is 0. The van der Waals surface area contributed by atoms with Gasteiger partial charge < -0.3 is 10.4 Å². The third-order valence-electron chi connectivity index (χ3n) is 5.22. The van der Waals surface area contributed by atoms with Gasteiger partial charge in [0.05, 0.1) is 4.90 Å². The number of carboxylic acid groups (broad SMARTS) is 1. The van der Waals surface area contributed by atoms with Gasteiger partial charge in [0.15, 0.2) is 0 Å². The average Bonchev–Trinajstić information content (AvgIpc) is 3.40. The van der Waals surface area contributed by atoms with Crippen LogP contribution < -0.4 is 10.0 Å². The number of rotatable bonds is 6. The molecule has 0 aromatic heterocycles. The van der Waals surface area contributed by atoms with Crippen LogP contribution in [0.3, 0.4) is 0 Å². The highest BCUT2D eigenvalue weighted by Gasteiger charge is 2.42. The molecule has 0 atom stereocenters. The SMILES string of the molecule is CC1CCC(NC(=O)c2ccc(S(=O)(=O)NC3CC3)cc2)(C(=O)O)CC1. The topological polar surface area (TPSA) is 113 Å². The molecule has 26 heavy (non-hydrogen) atoms. The molecule has 1 aromatic carbocycles. The Hall–Kier alpha value is -1.93. The second-order valence-corrected chi connectivity index (χ2v) is 9.16. The molecule has 2 aliphatic rings. The summed E-state index contributed by atoms with van der Waals surface area (Å²) in [5.74, 6) is -1.07. The highest BCUT2D eigenvalue weighted by Crippen LogP contribution is 2.32. The van der Waals surface area contributed by atoms with Crippen molar-refractivity contribution in [2.24, 2.45) is 5.92 Å². The predicted octanol–water partition coefficient (Wildman–Crippen LogP) is 1.89. The first-order valence-corrected chi connectivity index (χ1v) is 10.4. The summed E-state index contributed by atoms with van der Waals surface area (Å²) in [7, 11) is -3.57. The molecule has 1 aromatic rings. The molecule has 7 nitrogen and oxygen atoms in total. The van der Waals surface area contributed by atoms with Crippen molar-refractivity contribution >= 4 is 21.9 Å². The van der Waals surface area contributed by atoms with Crippen molar-refractivity contribution in [3.63, 3.8) is 0 Å². The fourth-order valence-corrected chi connectivity index (χ4v) is 4.52. The van der Waals surface area contributed by atoms with Crippen molar-refractivity contribution in [2.75, 3.05) is 0 Å². The lowest BCUT2D eigenvalue weighted by Gasteiger charge is -2.36. The molecule has 2 aliphatic carbocycles. The van der Waals surface area contributed by atoms with E-state index in [1.807, 2.05) is 0 Å². The molecular formula is C18H24N2O5S. The zero-order valence-corrected chi connectivity index (χ0v) is 15.5. The number of hydrogen-bond acceptors (Lipinski definition) is 4. The number of benzene rings is 1. The second-order valence-electron chi connectivity index (χ2n) is 7.44. The van der Waals surface area contributed by atoms with Crippen LogP contribution in [0.4, 0.5) is 0 Å². The van der Waals surface area contributed by atoms with Crippen molar-refractivity contribution in [1.29, 1.82) is 0 Å². The maximum atomic E-state index is 12.5. The number of carboxylic acids is 1. The number of hydrogen-bond donors (Lipinski definition) is 3. The molecule has 1 amide bonds. The lowest BCUT2D eigenvalue weighted by Crippen LogP contribution is -2.56. The Morgan fingerprint density at radius 2 is 1.65 bits per heavy atom. The van der Waals surface area contributed by atoms with Crippen LogP contribution >= 0.6 is 0 Å². The lowest BCUT2D eigenvalue weighted by atomic mass is 9.77.